The number of nitrogens with zero attached hydrogens (tertiary/aromatic N) is 5. The average Bonchev–Trinajstić information content (AvgIpc) is 3.06. The fraction of sp³-hybridized carbons (Fsp3) is 0.222. The SMILES string of the molecule is Cc1ccc(-c2nnn(CC(=O)N(C)Cc3ccc(F)cc3)n2)cc1. The zero-order chi connectivity index (χ0) is 17.8. The van der Waals surface area contributed by atoms with Crippen LogP contribution in [0.2, 0.25) is 0 Å². The van der Waals surface area contributed by atoms with Gasteiger partial charge in [0.1, 0.15) is 12.4 Å². The van der Waals surface area contributed by atoms with Gasteiger partial charge in [-0.15, -0.1) is 10.2 Å². The van der Waals surface area contributed by atoms with Gasteiger partial charge in [-0.1, -0.05) is 42.0 Å². The summed E-state index contributed by atoms with van der Waals surface area (Å²) in [5, 5.41) is 12.2. The Morgan fingerprint density at radius 2 is 1.80 bits per heavy atom. The molecular weight excluding hydrogens is 321 g/mol. The van der Waals surface area contributed by atoms with Crippen LogP contribution in [0.4, 0.5) is 4.39 Å². The molecule has 0 saturated heterocycles. The third-order valence-electron chi connectivity index (χ3n) is 3.80. The number of hydrogen-bond acceptors (Lipinski definition) is 4. The Hall–Kier alpha value is -3.09. The summed E-state index contributed by atoms with van der Waals surface area (Å²) >= 11 is 0. The van der Waals surface area contributed by atoms with Crippen LogP contribution < -0.4 is 0 Å². The van der Waals surface area contributed by atoms with Gasteiger partial charge >= 0.3 is 0 Å². The van der Waals surface area contributed by atoms with Gasteiger partial charge in [-0.25, -0.2) is 4.39 Å². The number of rotatable bonds is 5. The molecule has 7 heteroatoms. The molecule has 0 spiro atoms. The maximum atomic E-state index is 12.9. The summed E-state index contributed by atoms with van der Waals surface area (Å²) in [7, 11) is 1.68. The van der Waals surface area contributed by atoms with Crippen LogP contribution in [0.25, 0.3) is 11.4 Å². The molecule has 1 aromatic heterocycles. The second-order valence-electron chi connectivity index (χ2n) is 5.89. The molecule has 128 valence electrons. The summed E-state index contributed by atoms with van der Waals surface area (Å²) in [5.41, 5.74) is 2.85. The third-order valence-corrected chi connectivity index (χ3v) is 3.80. The molecule has 0 unspecified atom stereocenters. The molecule has 0 radical (unpaired) electrons. The fourth-order valence-electron chi connectivity index (χ4n) is 2.32. The van der Waals surface area contributed by atoms with E-state index in [9.17, 15) is 9.18 Å². The molecule has 1 amide bonds. The van der Waals surface area contributed by atoms with E-state index >= 15 is 0 Å². The molecular formula is C18H18FN5O. The van der Waals surface area contributed by atoms with Crippen LogP contribution in [0.1, 0.15) is 11.1 Å². The van der Waals surface area contributed by atoms with Crippen LogP contribution in [0.3, 0.4) is 0 Å². The molecule has 0 bridgehead atoms. The number of likely N-dealkylation sites (N-methyl/N-ethyl adjacent to an activating group) is 1. The van der Waals surface area contributed by atoms with E-state index in [1.807, 2.05) is 31.2 Å². The molecule has 0 atom stereocenters. The van der Waals surface area contributed by atoms with Crippen LogP contribution in [0.5, 0.6) is 0 Å². The minimum atomic E-state index is -0.298. The molecule has 0 aliphatic heterocycles. The van der Waals surface area contributed by atoms with E-state index in [2.05, 4.69) is 15.4 Å². The van der Waals surface area contributed by atoms with Gasteiger partial charge in [-0.05, 0) is 29.8 Å². The Bertz CT molecular complexity index is 858. The lowest BCUT2D eigenvalue weighted by Gasteiger charge is -2.16. The van der Waals surface area contributed by atoms with Crippen LogP contribution in [0.15, 0.2) is 48.5 Å². The van der Waals surface area contributed by atoms with Gasteiger partial charge in [0.05, 0.1) is 0 Å². The molecule has 0 saturated carbocycles. The first-order valence-corrected chi connectivity index (χ1v) is 7.84. The number of carbonyl (C=O) groups excluding carboxylic acids is 1. The number of aryl methyl sites for hydroxylation is 1. The molecule has 1 heterocycles. The number of carbonyl (C=O) groups is 1. The highest BCUT2D eigenvalue weighted by atomic mass is 19.1. The minimum Gasteiger partial charge on any atom is -0.340 e. The van der Waals surface area contributed by atoms with Crippen molar-refractivity contribution < 1.29 is 9.18 Å². The lowest BCUT2D eigenvalue weighted by atomic mass is 10.1. The highest BCUT2D eigenvalue weighted by Gasteiger charge is 2.13. The van der Waals surface area contributed by atoms with E-state index in [1.54, 1.807) is 24.1 Å². The highest BCUT2D eigenvalue weighted by molar-refractivity contribution is 5.75. The van der Waals surface area contributed by atoms with Gasteiger partial charge < -0.3 is 4.90 Å². The van der Waals surface area contributed by atoms with Crippen molar-refractivity contribution in [3.8, 4) is 11.4 Å². The maximum Gasteiger partial charge on any atom is 0.246 e. The van der Waals surface area contributed by atoms with Crippen LogP contribution >= 0.6 is 0 Å². The first-order valence-electron chi connectivity index (χ1n) is 7.84. The number of amides is 1. The second kappa shape index (κ2) is 7.21. The highest BCUT2D eigenvalue weighted by Crippen LogP contribution is 2.14. The molecule has 6 nitrogen and oxygen atoms in total. The second-order valence-corrected chi connectivity index (χ2v) is 5.89. The van der Waals surface area contributed by atoms with E-state index < -0.39 is 0 Å². The van der Waals surface area contributed by atoms with Gasteiger partial charge in [-0.2, -0.15) is 4.80 Å². The predicted molar refractivity (Wildman–Crippen MR) is 90.9 cm³/mol. The Balaban J connectivity index is 1.62. The zero-order valence-electron chi connectivity index (χ0n) is 14.1. The summed E-state index contributed by atoms with van der Waals surface area (Å²) in [6, 6.07) is 13.8. The first kappa shape index (κ1) is 16.8. The molecule has 0 fully saturated rings. The van der Waals surface area contributed by atoms with Crippen molar-refractivity contribution in [1.29, 1.82) is 0 Å². The van der Waals surface area contributed by atoms with E-state index in [0.29, 0.717) is 12.4 Å². The van der Waals surface area contributed by atoms with Gasteiger partial charge in [-0.3, -0.25) is 4.79 Å². The molecule has 0 N–H and O–H groups in total. The molecule has 2 aromatic carbocycles. The van der Waals surface area contributed by atoms with E-state index in [4.69, 9.17) is 0 Å². The number of tetrazole rings is 1. The Labute approximate surface area is 144 Å². The van der Waals surface area contributed by atoms with Crippen molar-refractivity contribution in [2.45, 2.75) is 20.0 Å². The van der Waals surface area contributed by atoms with E-state index in [-0.39, 0.29) is 18.3 Å². The monoisotopic (exact) mass is 339 g/mol. The summed E-state index contributed by atoms with van der Waals surface area (Å²) < 4.78 is 12.9. The average molecular weight is 339 g/mol. The number of aromatic nitrogens is 4. The maximum absolute atomic E-state index is 12.9. The normalized spacial score (nSPS) is 10.7. The van der Waals surface area contributed by atoms with Crippen LogP contribution in [-0.4, -0.2) is 38.1 Å². The topological polar surface area (TPSA) is 63.9 Å². The summed E-state index contributed by atoms with van der Waals surface area (Å²) in [6.07, 6.45) is 0. The number of halogens is 1. The molecule has 3 aromatic rings. The van der Waals surface area contributed by atoms with Gasteiger partial charge in [0.2, 0.25) is 11.7 Å². The lowest BCUT2D eigenvalue weighted by molar-refractivity contribution is -0.131. The number of hydrogen-bond donors (Lipinski definition) is 0. The van der Waals surface area contributed by atoms with Gasteiger partial charge in [0.25, 0.3) is 0 Å². The number of benzene rings is 2. The summed E-state index contributed by atoms with van der Waals surface area (Å²) in [5.74, 6) is 0.0272. The smallest absolute Gasteiger partial charge is 0.246 e. The molecule has 25 heavy (non-hydrogen) atoms. The molecule has 3 rings (SSSR count). The van der Waals surface area contributed by atoms with Crippen LogP contribution in [-0.2, 0) is 17.9 Å². The Kier molecular flexibility index (Phi) is 4.83. The quantitative estimate of drug-likeness (QED) is 0.716. The van der Waals surface area contributed by atoms with Crippen molar-refractivity contribution >= 4 is 5.91 Å². The van der Waals surface area contributed by atoms with Crippen LogP contribution in [0, 0.1) is 12.7 Å². The largest absolute Gasteiger partial charge is 0.340 e. The zero-order valence-corrected chi connectivity index (χ0v) is 14.1. The lowest BCUT2D eigenvalue weighted by Crippen LogP contribution is -2.30. The molecule has 0 aliphatic carbocycles. The first-order chi connectivity index (χ1) is 12.0. The van der Waals surface area contributed by atoms with Gasteiger partial charge in [0.15, 0.2) is 0 Å². The fourth-order valence-corrected chi connectivity index (χ4v) is 2.32. The standard InChI is InChI=1S/C18H18FN5O/c1-13-3-7-15(8-4-13)18-20-22-24(21-18)12-17(25)23(2)11-14-5-9-16(19)10-6-14/h3-10H,11-12H2,1-2H3. The van der Waals surface area contributed by atoms with Crippen molar-refractivity contribution in [3.63, 3.8) is 0 Å². The van der Waals surface area contributed by atoms with Crippen molar-refractivity contribution in [1.82, 2.24) is 25.1 Å². The van der Waals surface area contributed by atoms with E-state index in [0.717, 1.165) is 16.7 Å². The summed E-state index contributed by atoms with van der Waals surface area (Å²) in [4.78, 5) is 15.1. The predicted octanol–water partition coefficient (Wildman–Crippen LogP) is 2.45. The molecule has 0 aliphatic rings. The third kappa shape index (κ3) is 4.26. The van der Waals surface area contributed by atoms with Crippen molar-refractivity contribution in [2.24, 2.45) is 0 Å². The summed E-state index contributed by atoms with van der Waals surface area (Å²) in [6.45, 7) is 2.39. The Morgan fingerprint density at radius 1 is 1.12 bits per heavy atom. The van der Waals surface area contributed by atoms with E-state index in [1.165, 1.54) is 16.9 Å². The minimum absolute atomic E-state index is 0.00342. The van der Waals surface area contributed by atoms with Gasteiger partial charge in [0, 0.05) is 19.2 Å². The van der Waals surface area contributed by atoms with Crippen molar-refractivity contribution in [3.05, 3.63) is 65.5 Å². The van der Waals surface area contributed by atoms with Crippen molar-refractivity contribution in [2.75, 3.05) is 7.05 Å². The Morgan fingerprint density at radius 3 is 2.48 bits per heavy atom.